The van der Waals surface area contributed by atoms with Crippen molar-refractivity contribution in [1.29, 1.82) is 0 Å². The van der Waals surface area contributed by atoms with Crippen LogP contribution in [0, 0.1) is 0 Å². The molecule has 0 atom stereocenters. The Labute approximate surface area is 179 Å². The Morgan fingerprint density at radius 3 is 2.39 bits per heavy atom. The molecule has 2 aromatic carbocycles. The van der Waals surface area contributed by atoms with E-state index in [1.165, 1.54) is 0 Å². The second-order valence-electron chi connectivity index (χ2n) is 7.51. The van der Waals surface area contributed by atoms with Gasteiger partial charge in [0.25, 0.3) is 17.7 Å². The Balaban J connectivity index is 1.40. The lowest BCUT2D eigenvalue weighted by molar-refractivity contribution is -0.121. The summed E-state index contributed by atoms with van der Waals surface area (Å²) >= 11 is 0. The Kier molecular flexibility index (Phi) is 5.29. The number of rotatable bonds is 6. The van der Waals surface area contributed by atoms with Crippen molar-refractivity contribution in [2.75, 3.05) is 29.9 Å². The first kappa shape index (κ1) is 20.3. The van der Waals surface area contributed by atoms with Gasteiger partial charge in [0.15, 0.2) is 6.61 Å². The van der Waals surface area contributed by atoms with E-state index in [0.29, 0.717) is 34.8 Å². The number of carbonyl (C=O) groups is 4. The molecule has 0 bridgehead atoms. The molecule has 8 nitrogen and oxygen atoms in total. The summed E-state index contributed by atoms with van der Waals surface area (Å²) in [7, 11) is 0. The maximum absolute atomic E-state index is 12.4. The van der Waals surface area contributed by atoms with Crippen molar-refractivity contribution >= 4 is 35.0 Å². The summed E-state index contributed by atoms with van der Waals surface area (Å²) in [6, 6.07) is 11.6. The van der Waals surface area contributed by atoms with E-state index in [0.717, 1.165) is 10.5 Å². The minimum Gasteiger partial charge on any atom is -0.481 e. The Morgan fingerprint density at radius 2 is 1.74 bits per heavy atom. The van der Waals surface area contributed by atoms with E-state index in [9.17, 15) is 19.2 Å². The van der Waals surface area contributed by atoms with Crippen molar-refractivity contribution in [2.45, 2.75) is 13.3 Å². The van der Waals surface area contributed by atoms with Gasteiger partial charge in [-0.05, 0) is 31.2 Å². The van der Waals surface area contributed by atoms with Crippen LogP contribution in [0.1, 0.15) is 34.1 Å². The van der Waals surface area contributed by atoms with Crippen molar-refractivity contribution in [3.8, 4) is 5.75 Å². The van der Waals surface area contributed by atoms with Gasteiger partial charge in [-0.3, -0.25) is 24.1 Å². The van der Waals surface area contributed by atoms with Crippen LogP contribution in [0.15, 0.2) is 54.6 Å². The Bertz CT molecular complexity index is 1090. The summed E-state index contributed by atoms with van der Waals surface area (Å²) in [5, 5.41) is 2.74. The van der Waals surface area contributed by atoms with Gasteiger partial charge < -0.3 is 15.0 Å². The molecule has 0 aromatic heterocycles. The molecule has 4 amide bonds. The van der Waals surface area contributed by atoms with Crippen LogP contribution < -0.4 is 15.0 Å². The molecule has 31 heavy (non-hydrogen) atoms. The largest absolute Gasteiger partial charge is 0.481 e. The van der Waals surface area contributed by atoms with Gasteiger partial charge >= 0.3 is 0 Å². The summed E-state index contributed by atoms with van der Waals surface area (Å²) in [6.45, 7) is 5.98. The number of nitrogens with one attached hydrogen (secondary N) is 1. The molecule has 0 spiro atoms. The predicted molar refractivity (Wildman–Crippen MR) is 114 cm³/mol. The number of anilines is 2. The molecule has 0 radical (unpaired) electrons. The molecule has 1 N–H and O–H groups in total. The lowest BCUT2D eigenvalue weighted by Gasteiger charge is -2.29. The second-order valence-corrected chi connectivity index (χ2v) is 7.51. The van der Waals surface area contributed by atoms with E-state index < -0.39 is 11.8 Å². The zero-order valence-corrected chi connectivity index (χ0v) is 17.0. The molecular formula is C23H21N3O5. The predicted octanol–water partition coefficient (Wildman–Crippen LogP) is 2.61. The van der Waals surface area contributed by atoms with E-state index in [1.54, 1.807) is 47.4 Å². The maximum Gasteiger partial charge on any atom is 0.265 e. The number of carbonyl (C=O) groups excluding carboxylic acids is 4. The van der Waals surface area contributed by atoms with Crippen molar-refractivity contribution in [1.82, 2.24) is 4.90 Å². The first-order chi connectivity index (χ1) is 14.8. The average molecular weight is 419 g/mol. The quantitative estimate of drug-likeness (QED) is 0.574. The summed E-state index contributed by atoms with van der Waals surface area (Å²) in [6.07, 6.45) is -0.0380. The summed E-state index contributed by atoms with van der Waals surface area (Å²) < 4.78 is 5.51. The molecule has 8 heteroatoms. The molecule has 0 saturated heterocycles. The third-order valence-electron chi connectivity index (χ3n) is 5.06. The molecule has 0 fully saturated rings. The third-order valence-corrected chi connectivity index (χ3v) is 5.06. The van der Waals surface area contributed by atoms with Crippen LogP contribution in [-0.4, -0.2) is 48.2 Å². The number of hydrogen-bond donors (Lipinski definition) is 1. The zero-order valence-electron chi connectivity index (χ0n) is 17.0. The third kappa shape index (κ3) is 3.92. The average Bonchev–Trinajstić information content (AvgIpc) is 2.98. The first-order valence-corrected chi connectivity index (χ1v) is 9.82. The van der Waals surface area contributed by atoms with Crippen LogP contribution in [-0.2, 0) is 9.59 Å². The van der Waals surface area contributed by atoms with Gasteiger partial charge in [0.05, 0.1) is 16.8 Å². The first-order valence-electron chi connectivity index (χ1n) is 9.82. The molecule has 4 rings (SSSR count). The number of hydrogen-bond acceptors (Lipinski definition) is 5. The molecule has 2 aliphatic heterocycles. The summed E-state index contributed by atoms with van der Waals surface area (Å²) in [5.41, 5.74) is 2.66. The fraction of sp³-hybridized carbons (Fsp3) is 0.217. The fourth-order valence-electron chi connectivity index (χ4n) is 3.60. The van der Waals surface area contributed by atoms with E-state index in [4.69, 9.17) is 4.74 Å². The monoisotopic (exact) mass is 419 g/mol. The molecule has 2 aromatic rings. The normalized spacial score (nSPS) is 14.8. The molecule has 0 aliphatic carbocycles. The van der Waals surface area contributed by atoms with E-state index in [1.807, 2.05) is 6.92 Å². The van der Waals surface area contributed by atoms with Gasteiger partial charge in [0, 0.05) is 31.3 Å². The topological polar surface area (TPSA) is 96.0 Å². The number of benzene rings is 2. The van der Waals surface area contributed by atoms with Crippen LogP contribution >= 0.6 is 0 Å². The van der Waals surface area contributed by atoms with Crippen LogP contribution in [0.25, 0.3) is 0 Å². The lowest BCUT2D eigenvalue weighted by Crippen LogP contribution is -2.39. The molecular weight excluding hydrogens is 398 g/mol. The van der Waals surface area contributed by atoms with Crippen molar-refractivity contribution < 1.29 is 23.9 Å². The smallest absolute Gasteiger partial charge is 0.265 e. The highest BCUT2D eigenvalue weighted by atomic mass is 16.5. The number of nitrogens with zero attached hydrogens (tertiary/aromatic N) is 2. The highest BCUT2D eigenvalue weighted by Crippen LogP contribution is 2.35. The highest BCUT2D eigenvalue weighted by molar-refractivity contribution is 6.21. The molecule has 158 valence electrons. The summed E-state index contributed by atoms with van der Waals surface area (Å²) in [4.78, 5) is 52.0. The minimum absolute atomic E-state index is 0.0134. The SMILES string of the molecule is C=C(C)CN1C(=O)COc2cc(NC(=O)CCN3C(=O)c4ccccc4C3=O)ccc21. The van der Waals surface area contributed by atoms with Crippen LogP contribution in [0.2, 0.25) is 0 Å². The minimum atomic E-state index is -0.391. The number of amides is 4. The van der Waals surface area contributed by atoms with E-state index in [-0.39, 0.29) is 31.4 Å². The standard InChI is InChI=1S/C23H21N3O5/c1-14(2)12-26-18-8-7-15(11-19(18)31-13-21(26)28)24-20(27)9-10-25-22(29)16-5-3-4-6-17(16)23(25)30/h3-8,11H,1,9-10,12-13H2,2H3,(H,24,27). The molecule has 0 unspecified atom stereocenters. The zero-order chi connectivity index (χ0) is 22.1. The molecule has 2 aliphatic rings. The number of ether oxygens (including phenoxy) is 1. The van der Waals surface area contributed by atoms with E-state index in [2.05, 4.69) is 11.9 Å². The highest BCUT2D eigenvalue weighted by Gasteiger charge is 2.35. The van der Waals surface area contributed by atoms with E-state index >= 15 is 0 Å². The van der Waals surface area contributed by atoms with Gasteiger partial charge in [-0.2, -0.15) is 0 Å². The van der Waals surface area contributed by atoms with Crippen molar-refractivity contribution in [3.05, 3.63) is 65.7 Å². The van der Waals surface area contributed by atoms with Crippen LogP contribution in [0.5, 0.6) is 5.75 Å². The maximum atomic E-state index is 12.4. The van der Waals surface area contributed by atoms with Crippen molar-refractivity contribution in [3.63, 3.8) is 0 Å². The van der Waals surface area contributed by atoms with Gasteiger partial charge in [0.1, 0.15) is 5.75 Å². The second kappa shape index (κ2) is 8.06. The number of fused-ring (bicyclic) bond motifs is 2. The van der Waals surface area contributed by atoms with Crippen molar-refractivity contribution in [2.24, 2.45) is 0 Å². The van der Waals surface area contributed by atoms with Gasteiger partial charge in [-0.1, -0.05) is 24.3 Å². The summed E-state index contributed by atoms with van der Waals surface area (Å²) in [5.74, 6) is -0.801. The van der Waals surface area contributed by atoms with Gasteiger partial charge in [0.2, 0.25) is 5.91 Å². The lowest BCUT2D eigenvalue weighted by atomic mass is 10.1. The molecule has 2 heterocycles. The van der Waals surface area contributed by atoms with Gasteiger partial charge in [-0.25, -0.2) is 0 Å². The Hall–Kier alpha value is -3.94. The van der Waals surface area contributed by atoms with Crippen LogP contribution in [0.4, 0.5) is 11.4 Å². The Morgan fingerprint density at radius 1 is 1.06 bits per heavy atom. The fourth-order valence-corrected chi connectivity index (χ4v) is 3.60. The van der Waals surface area contributed by atoms with Gasteiger partial charge in [-0.15, -0.1) is 0 Å². The van der Waals surface area contributed by atoms with Crippen LogP contribution in [0.3, 0.4) is 0 Å². The number of imide groups is 1. The molecule has 0 saturated carbocycles.